The number of rotatable bonds is 6. The lowest BCUT2D eigenvalue weighted by molar-refractivity contribution is -0.141. The topological polar surface area (TPSA) is 42.4 Å². The first-order chi connectivity index (χ1) is 13.9. The normalized spacial score (nSPS) is 24.5. The van der Waals surface area contributed by atoms with Gasteiger partial charge in [-0.1, -0.05) is 50.3 Å². The van der Waals surface area contributed by atoms with Crippen LogP contribution < -0.4 is 4.74 Å². The molecule has 2 aliphatic rings. The maximum atomic E-state index is 14.0. The van der Waals surface area contributed by atoms with Crippen LogP contribution in [-0.4, -0.2) is 22.9 Å². The van der Waals surface area contributed by atoms with Crippen molar-refractivity contribution in [2.75, 3.05) is 7.11 Å². The summed E-state index contributed by atoms with van der Waals surface area (Å²) in [5.74, 6) is 1.56. The van der Waals surface area contributed by atoms with Gasteiger partial charge < -0.3 is 9.64 Å². The van der Waals surface area contributed by atoms with E-state index in [9.17, 15) is 4.79 Å². The average molecular weight is 391 g/mol. The number of fused-ring (bicyclic) bond motifs is 2. The van der Waals surface area contributed by atoms with Crippen LogP contribution in [0.3, 0.4) is 0 Å². The zero-order valence-corrected chi connectivity index (χ0v) is 17.6. The molecule has 0 aliphatic heterocycles. The van der Waals surface area contributed by atoms with Crippen LogP contribution in [0.1, 0.15) is 44.2 Å². The van der Waals surface area contributed by atoms with Crippen molar-refractivity contribution in [1.82, 2.24) is 9.88 Å². The molecule has 29 heavy (non-hydrogen) atoms. The second kappa shape index (κ2) is 7.33. The number of nitrogens with zero attached hydrogens (tertiary/aromatic N) is 2. The molecular formula is C25H30N2O2. The van der Waals surface area contributed by atoms with E-state index in [1.165, 1.54) is 0 Å². The van der Waals surface area contributed by atoms with Gasteiger partial charge in [0.1, 0.15) is 5.75 Å². The van der Waals surface area contributed by atoms with E-state index >= 15 is 0 Å². The first-order valence-corrected chi connectivity index (χ1v) is 10.4. The molecule has 4 rings (SSSR count). The summed E-state index contributed by atoms with van der Waals surface area (Å²) in [5.41, 5.74) is 2.75. The van der Waals surface area contributed by atoms with Crippen LogP contribution in [0, 0.1) is 16.7 Å². The fraction of sp³-hybridized carbons (Fsp3) is 0.440. The van der Waals surface area contributed by atoms with Gasteiger partial charge in [-0.25, -0.2) is 0 Å². The zero-order valence-electron chi connectivity index (χ0n) is 17.6. The Labute approximate surface area is 173 Å². The summed E-state index contributed by atoms with van der Waals surface area (Å²) >= 11 is 0. The Morgan fingerprint density at radius 2 is 2.03 bits per heavy atom. The Morgan fingerprint density at radius 3 is 2.69 bits per heavy atom. The van der Waals surface area contributed by atoms with E-state index in [0.29, 0.717) is 19.0 Å². The molecular weight excluding hydrogens is 360 g/mol. The van der Waals surface area contributed by atoms with Crippen molar-refractivity contribution >= 4 is 5.91 Å². The molecule has 1 heterocycles. The highest BCUT2D eigenvalue weighted by atomic mass is 16.5. The SMILES string of the molecule is C=C1C(C)(C)[C@@H]2CC[C@]1(C(=O)N(Cc1cccnc1)Cc1ccccc1OC)C2. The summed E-state index contributed by atoms with van der Waals surface area (Å²) < 4.78 is 5.55. The number of carbonyl (C=O) groups is 1. The summed E-state index contributed by atoms with van der Waals surface area (Å²) in [6, 6.07) is 11.9. The van der Waals surface area contributed by atoms with E-state index in [1.54, 1.807) is 13.3 Å². The number of benzene rings is 1. The van der Waals surface area contributed by atoms with E-state index in [2.05, 4.69) is 25.4 Å². The van der Waals surface area contributed by atoms with Crippen LogP contribution in [0.15, 0.2) is 60.9 Å². The Kier molecular flexibility index (Phi) is 4.97. The third kappa shape index (κ3) is 3.25. The number of para-hydroxylation sites is 1. The molecule has 1 aromatic heterocycles. The maximum Gasteiger partial charge on any atom is 0.233 e. The number of hydrogen-bond acceptors (Lipinski definition) is 3. The molecule has 2 saturated carbocycles. The van der Waals surface area contributed by atoms with Crippen molar-refractivity contribution in [3.8, 4) is 5.75 Å². The molecule has 2 bridgehead atoms. The number of amides is 1. The number of pyridine rings is 1. The predicted molar refractivity (Wildman–Crippen MR) is 114 cm³/mol. The van der Waals surface area contributed by atoms with Gasteiger partial charge in [-0.3, -0.25) is 9.78 Å². The second-order valence-electron chi connectivity index (χ2n) is 9.06. The quantitative estimate of drug-likeness (QED) is 0.652. The molecule has 4 nitrogen and oxygen atoms in total. The van der Waals surface area contributed by atoms with E-state index in [1.807, 2.05) is 47.5 Å². The lowest BCUT2D eigenvalue weighted by Crippen LogP contribution is -2.43. The molecule has 1 amide bonds. The molecule has 2 aromatic rings. The molecule has 152 valence electrons. The van der Waals surface area contributed by atoms with Gasteiger partial charge in [0.15, 0.2) is 0 Å². The summed E-state index contributed by atoms with van der Waals surface area (Å²) in [5, 5.41) is 0. The van der Waals surface area contributed by atoms with Gasteiger partial charge in [0.25, 0.3) is 0 Å². The van der Waals surface area contributed by atoms with Crippen LogP contribution >= 0.6 is 0 Å². The van der Waals surface area contributed by atoms with E-state index < -0.39 is 5.41 Å². The third-order valence-electron chi connectivity index (χ3n) is 7.24. The predicted octanol–water partition coefficient (Wildman–Crippen LogP) is 5.00. The molecule has 2 atom stereocenters. The lowest BCUT2D eigenvalue weighted by Gasteiger charge is -2.40. The van der Waals surface area contributed by atoms with Gasteiger partial charge >= 0.3 is 0 Å². The molecule has 0 unspecified atom stereocenters. The van der Waals surface area contributed by atoms with E-state index in [4.69, 9.17) is 4.74 Å². The van der Waals surface area contributed by atoms with Gasteiger partial charge in [-0.15, -0.1) is 0 Å². The number of aromatic nitrogens is 1. The Bertz CT molecular complexity index is 921. The van der Waals surface area contributed by atoms with Crippen LogP contribution in [-0.2, 0) is 17.9 Å². The molecule has 0 N–H and O–H groups in total. The average Bonchev–Trinajstić information content (AvgIpc) is 3.27. The van der Waals surface area contributed by atoms with Crippen LogP contribution in [0.2, 0.25) is 0 Å². The van der Waals surface area contributed by atoms with Gasteiger partial charge in [0, 0.05) is 31.0 Å². The fourth-order valence-electron chi connectivity index (χ4n) is 5.38. The van der Waals surface area contributed by atoms with Gasteiger partial charge in [-0.05, 0) is 48.3 Å². The van der Waals surface area contributed by atoms with E-state index in [-0.39, 0.29) is 11.3 Å². The van der Waals surface area contributed by atoms with Crippen molar-refractivity contribution < 1.29 is 9.53 Å². The fourth-order valence-corrected chi connectivity index (χ4v) is 5.38. The minimum absolute atomic E-state index is 0.0261. The van der Waals surface area contributed by atoms with Crippen molar-refractivity contribution in [3.63, 3.8) is 0 Å². The largest absolute Gasteiger partial charge is 0.496 e. The maximum absolute atomic E-state index is 14.0. The minimum Gasteiger partial charge on any atom is -0.496 e. The van der Waals surface area contributed by atoms with Crippen LogP contribution in [0.25, 0.3) is 0 Å². The highest BCUT2D eigenvalue weighted by Crippen LogP contribution is 2.66. The minimum atomic E-state index is -0.432. The molecule has 4 heteroatoms. The zero-order chi connectivity index (χ0) is 20.6. The van der Waals surface area contributed by atoms with Crippen LogP contribution in [0.5, 0.6) is 5.75 Å². The van der Waals surface area contributed by atoms with Crippen molar-refractivity contribution in [3.05, 3.63) is 72.1 Å². The Morgan fingerprint density at radius 1 is 1.24 bits per heavy atom. The van der Waals surface area contributed by atoms with Gasteiger partial charge in [0.2, 0.25) is 5.91 Å². The molecule has 0 radical (unpaired) electrons. The summed E-state index contributed by atoms with van der Waals surface area (Å²) in [6.07, 6.45) is 6.54. The highest BCUT2D eigenvalue weighted by molar-refractivity contribution is 5.87. The number of hydrogen-bond donors (Lipinski definition) is 0. The number of carbonyl (C=O) groups excluding carboxylic acids is 1. The van der Waals surface area contributed by atoms with Gasteiger partial charge in [-0.2, -0.15) is 0 Å². The molecule has 0 spiro atoms. The lowest BCUT2D eigenvalue weighted by atomic mass is 9.68. The van der Waals surface area contributed by atoms with Crippen molar-refractivity contribution in [1.29, 1.82) is 0 Å². The Balaban J connectivity index is 1.68. The monoisotopic (exact) mass is 390 g/mol. The number of methoxy groups -OCH3 is 1. The molecule has 2 aliphatic carbocycles. The molecule has 2 fully saturated rings. The molecule has 0 saturated heterocycles. The third-order valence-corrected chi connectivity index (χ3v) is 7.24. The highest BCUT2D eigenvalue weighted by Gasteiger charge is 2.61. The smallest absolute Gasteiger partial charge is 0.233 e. The first-order valence-electron chi connectivity index (χ1n) is 10.4. The summed E-state index contributed by atoms with van der Waals surface area (Å²) in [7, 11) is 1.67. The van der Waals surface area contributed by atoms with Crippen molar-refractivity contribution in [2.24, 2.45) is 16.7 Å². The second-order valence-corrected chi connectivity index (χ2v) is 9.06. The first kappa shape index (κ1) is 19.7. The summed E-state index contributed by atoms with van der Waals surface area (Å²) in [6.45, 7) is 9.97. The standard InChI is InChI=1S/C25H30N2O2/c1-18-24(2,3)21-11-12-25(18,14-21)23(28)27(16-19-8-7-13-26-15-19)17-20-9-5-6-10-22(20)29-4/h5-10,13,15,21H,1,11-12,14,16-17H2,2-4H3/t21-,25+/m1/s1. The van der Waals surface area contributed by atoms with E-state index in [0.717, 1.165) is 41.7 Å². The van der Waals surface area contributed by atoms with Crippen LogP contribution in [0.4, 0.5) is 0 Å². The number of ether oxygens (including phenoxy) is 1. The summed E-state index contributed by atoms with van der Waals surface area (Å²) in [4.78, 5) is 20.3. The van der Waals surface area contributed by atoms with Crippen molar-refractivity contribution in [2.45, 2.75) is 46.2 Å². The van der Waals surface area contributed by atoms with Gasteiger partial charge in [0.05, 0.1) is 12.5 Å². The molecule has 1 aromatic carbocycles. The Hall–Kier alpha value is -2.62.